The zero-order valence-corrected chi connectivity index (χ0v) is 14.5. The number of allylic oxidation sites excluding steroid dienone is 1. The van der Waals surface area contributed by atoms with Crippen LogP contribution in [0.1, 0.15) is 12.5 Å². The first-order valence-electron chi connectivity index (χ1n) is 7.96. The van der Waals surface area contributed by atoms with E-state index in [1.807, 2.05) is 30.3 Å². The number of H-pyrrole nitrogens is 1. The van der Waals surface area contributed by atoms with E-state index in [1.54, 1.807) is 25.3 Å². The molecule has 0 atom stereocenters. The van der Waals surface area contributed by atoms with Crippen molar-refractivity contribution in [2.24, 2.45) is 0 Å². The minimum atomic E-state index is -3.40. The van der Waals surface area contributed by atoms with Crippen LogP contribution in [-0.2, 0) is 9.84 Å². The number of aromatic nitrogens is 4. The Balaban J connectivity index is 1.66. The number of nitrogens with zero attached hydrogens (tertiary/aromatic N) is 3. The van der Waals surface area contributed by atoms with Gasteiger partial charge in [-0.15, -0.1) is 5.10 Å². The van der Waals surface area contributed by atoms with E-state index in [-0.39, 0.29) is 0 Å². The maximum Gasteiger partial charge on any atom is 0.203 e. The average molecular weight is 363 g/mol. The highest BCUT2D eigenvalue weighted by atomic mass is 32.2. The van der Waals surface area contributed by atoms with Crippen molar-refractivity contribution in [1.82, 2.24) is 20.4 Å². The highest BCUT2D eigenvalue weighted by Gasteiger charge is 2.27. The Hall–Kier alpha value is -3.26. The van der Waals surface area contributed by atoms with Gasteiger partial charge < -0.3 is 5.32 Å². The quantitative estimate of drug-likeness (QED) is 0.566. The second-order valence-electron chi connectivity index (χ2n) is 6.19. The van der Waals surface area contributed by atoms with Gasteiger partial charge in [0.1, 0.15) is 5.52 Å². The summed E-state index contributed by atoms with van der Waals surface area (Å²) in [4.78, 5) is 5.06. The van der Waals surface area contributed by atoms with Gasteiger partial charge in [-0.3, -0.25) is 10.1 Å². The maximum absolute atomic E-state index is 12.5. The Kier molecular flexibility index (Phi) is 2.96. The number of hydrogen-bond acceptors (Lipinski definition) is 6. The van der Waals surface area contributed by atoms with Gasteiger partial charge in [0, 0.05) is 27.9 Å². The molecule has 8 heteroatoms. The molecule has 0 fully saturated rings. The van der Waals surface area contributed by atoms with E-state index in [0.717, 1.165) is 33.3 Å². The fourth-order valence-electron chi connectivity index (χ4n) is 3.19. The first-order valence-corrected chi connectivity index (χ1v) is 9.45. The first-order chi connectivity index (χ1) is 12.5. The summed E-state index contributed by atoms with van der Waals surface area (Å²) < 4.78 is 25.0. The molecule has 26 heavy (non-hydrogen) atoms. The number of fused-ring (bicyclic) bond motifs is 3. The largest absolute Gasteiger partial charge is 0.355 e. The van der Waals surface area contributed by atoms with Crippen molar-refractivity contribution in [3.05, 3.63) is 53.1 Å². The lowest BCUT2D eigenvalue weighted by Crippen LogP contribution is -1.99. The van der Waals surface area contributed by atoms with Crippen LogP contribution < -0.4 is 5.32 Å². The number of hydrogen-bond donors (Lipinski definition) is 2. The van der Waals surface area contributed by atoms with Crippen LogP contribution in [0.4, 0.5) is 11.4 Å². The molecule has 5 rings (SSSR count). The van der Waals surface area contributed by atoms with Gasteiger partial charge in [0.25, 0.3) is 0 Å². The van der Waals surface area contributed by atoms with Crippen molar-refractivity contribution >= 4 is 49.2 Å². The van der Waals surface area contributed by atoms with Gasteiger partial charge in [0.2, 0.25) is 9.84 Å². The molecule has 0 amide bonds. The van der Waals surface area contributed by atoms with Gasteiger partial charge >= 0.3 is 0 Å². The van der Waals surface area contributed by atoms with Crippen molar-refractivity contribution in [3.8, 4) is 0 Å². The van der Waals surface area contributed by atoms with E-state index in [1.165, 1.54) is 0 Å². The Labute approximate surface area is 148 Å². The maximum atomic E-state index is 12.5. The van der Waals surface area contributed by atoms with Gasteiger partial charge in [-0.1, -0.05) is 5.21 Å². The summed E-state index contributed by atoms with van der Waals surface area (Å²) in [6, 6.07) is 11.0. The van der Waals surface area contributed by atoms with Gasteiger partial charge in [-0.05, 0) is 55.0 Å². The molecule has 1 aliphatic heterocycles. The summed E-state index contributed by atoms with van der Waals surface area (Å²) in [5, 5.41) is 14.7. The third-order valence-corrected chi connectivity index (χ3v) is 6.45. The number of rotatable bonds is 2. The van der Waals surface area contributed by atoms with Crippen LogP contribution in [0, 0.1) is 0 Å². The molecule has 0 saturated heterocycles. The minimum absolute atomic E-state index is 0.325. The van der Waals surface area contributed by atoms with E-state index < -0.39 is 9.84 Å². The van der Waals surface area contributed by atoms with Gasteiger partial charge in [0.15, 0.2) is 0 Å². The van der Waals surface area contributed by atoms with E-state index >= 15 is 0 Å². The molecule has 4 aromatic rings. The summed E-state index contributed by atoms with van der Waals surface area (Å²) in [6.45, 7) is 1.61. The Morgan fingerprint density at radius 3 is 2.85 bits per heavy atom. The number of nitrogens with one attached hydrogen (secondary N) is 2. The fraction of sp³-hybridized carbons (Fsp3) is 0.0556. The summed E-state index contributed by atoms with van der Waals surface area (Å²) in [5.41, 5.74) is 4.62. The summed E-state index contributed by atoms with van der Waals surface area (Å²) in [5.74, 6) is 0. The van der Waals surface area contributed by atoms with E-state index in [0.29, 0.717) is 15.4 Å². The van der Waals surface area contributed by atoms with E-state index in [4.69, 9.17) is 0 Å². The van der Waals surface area contributed by atoms with Crippen molar-refractivity contribution in [2.75, 3.05) is 5.32 Å². The van der Waals surface area contributed by atoms with Crippen molar-refractivity contribution in [2.45, 2.75) is 11.8 Å². The molecule has 2 aromatic carbocycles. The molecule has 3 heterocycles. The molecule has 2 aromatic heterocycles. The molecule has 0 aliphatic carbocycles. The average Bonchev–Trinajstić information content (AvgIpc) is 3.16. The highest BCUT2D eigenvalue weighted by Crippen LogP contribution is 2.37. The van der Waals surface area contributed by atoms with Crippen LogP contribution >= 0.6 is 0 Å². The lowest BCUT2D eigenvalue weighted by Gasteiger charge is -2.11. The van der Waals surface area contributed by atoms with Crippen LogP contribution in [-0.4, -0.2) is 28.8 Å². The Morgan fingerprint density at radius 1 is 1.08 bits per heavy atom. The normalized spacial score (nSPS) is 15.2. The van der Waals surface area contributed by atoms with Crippen LogP contribution in [0.3, 0.4) is 0 Å². The number of pyridine rings is 1. The first kappa shape index (κ1) is 15.0. The topological polar surface area (TPSA) is 101 Å². The molecule has 0 unspecified atom stereocenters. The third-order valence-electron chi connectivity index (χ3n) is 4.55. The molecule has 0 radical (unpaired) electrons. The standard InChI is InChI=1S/C18H13N5O2S/c1-10-6-11-7-16-13(9-18(11)26(10,24)25)14(4-5-19-16)20-12-2-3-15-17(8-12)22-23-21-15/h2-9H,1H3,(H,19,20)(H,21,22,23). The fourth-order valence-corrected chi connectivity index (χ4v) is 4.52. The number of sulfone groups is 1. The summed E-state index contributed by atoms with van der Waals surface area (Å²) in [6.07, 6.45) is 3.39. The smallest absolute Gasteiger partial charge is 0.203 e. The molecule has 128 valence electrons. The van der Waals surface area contributed by atoms with Crippen molar-refractivity contribution in [1.29, 1.82) is 0 Å². The van der Waals surface area contributed by atoms with Crippen molar-refractivity contribution in [3.63, 3.8) is 0 Å². The molecule has 0 spiro atoms. The summed E-state index contributed by atoms with van der Waals surface area (Å²) >= 11 is 0. The Morgan fingerprint density at radius 2 is 1.96 bits per heavy atom. The van der Waals surface area contributed by atoms with Gasteiger partial charge in [-0.25, -0.2) is 8.42 Å². The highest BCUT2D eigenvalue weighted by molar-refractivity contribution is 7.95. The Bertz CT molecular complexity index is 1340. The van der Waals surface area contributed by atoms with Crippen LogP contribution in [0.2, 0.25) is 0 Å². The number of anilines is 2. The van der Waals surface area contributed by atoms with Gasteiger partial charge in [-0.2, -0.15) is 0 Å². The van der Waals surface area contributed by atoms with E-state index in [9.17, 15) is 8.42 Å². The predicted octanol–water partition coefficient (Wildman–Crippen LogP) is 3.40. The van der Waals surface area contributed by atoms with Crippen molar-refractivity contribution < 1.29 is 8.42 Å². The summed E-state index contributed by atoms with van der Waals surface area (Å²) in [7, 11) is -3.40. The molecule has 1 aliphatic rings. The number of benzene rings is 2. The molecule has 0 saturated carbocycles. The van der Waals surface area contributed by atoms with Crippen LogP contribution in [0.5, 0.6) is 0 Å². The lowest BCUT2D eigenvalue weighted by molar-refractivity contribution is 0.603. The lowest BCUT2D eigenvalue weighted by atomic mass is 10.1. The zero-order valence-electron chi connectivity index (χ0n) is 13.7. The molecule has 7 nitrogen and oxygen atoms in total. The zero-order chi connectivity index (χ0) is 17.9. The number of aromatic amines is 1. The molecule has 0 bridgehead atoms. The third kappa shape index (κ3) is 2.12. The van der Waals surface area contributed by atoms with Crippen LogP contribution in [0.15, 0.2) is 52.4 Å². The molecule has 2 N–H and O–H groups in total. The molecular weight excluding hydrogens is 350 g/mol. The SMILES string of the molecule is CC1=Cc2cc3nccc(Nc4ccc5[nH]nnc5c4)c3cc2S1(=O)=O. The van der Waals surface area contributed by atoms with E-state index in [2.05, 4.69) is 25.7 Å². The molecular formula is C18H13N5O2S. The van der Waals surface area contributed by atoms with Gasteiger partial charge in [0.05, 0.1) is 15.9 Å². The second kappa shape index (κ2) is 5.12. The monoisotopic (exact) mass is 363 g/mol. The second-order valence-corrected chi connectivity index (χ2v) is 8.28. The predicted molar refractivity (Wildman–Crippen MR) is 99.8 cm³/mol. The minimum Gasteiger partial charge on any atom is -0.355 e. The van der Waals surface area contributed by atoms with Crippen LogP contribution in [0.25, 0.3) is 28.0 Å².